The van der Waals surface area contributed by atoms with E-state index in [9.17, 15) is 29.3 Å². The van der Waals surface area contributed by atoms with Crippen LogP contribution in [0.3, 0.4) is 0 Å². The zero-order chi connectivity index (χ0) is 21.6. The van der Waals surface area contributed by atoms with Gasteiger partial charge in [0, 0.05) is 17.0 Å². The van der Waals surface area contributed by atoms with Crippen LogP contribution in [0, 0.1) is 10.1 Å². The number of aliphatic carboxylic acids is 1. The van der Waals surface area contributed by atoms with Crippen LogP contribution in [-0.4, -0.2) is 39.1 Å². The maximum Gasteiger partial charge on any atom is 0.407 e. The van der Waals surface area contributed by atoms with Crippen LogP contribution in [0.25, 0.3) is 0 Å². The van der Waals surface area contributed by atoms with Crippen LogP contribution in [-0.2, 0) is 27.5 Å². The first-order valence-electron chi connectivity index (χ1n) is 7.71. The topological polar surface area (TPSA) is 185 Å². The summed E-state index contributed by atoms with van der Waals surface area (Å²) in [6, 6.07) is 6.58. The highest BCUT2D eigenvalue weighted by molar-refractivity contribution is 7.16. The van der Waals surface area contributed by atoms with E-state index >= 15 is 0 Å². The number of aromatic carboxylic acids is 1. The molecule has 0 aliphatic carbocycles. The number of ether oxygens (including phenoxy) is 1. The van der Waals surface area contributed by atoms with Crippen LogP contribution < -0.4 is 10.6 Å². The lowest BCUT2D eigenvalue weighted by molar-refractivity contribution is -0.384. The van der Waals surface area contributed by atoms with Gasteiger partial charge in [-0.2, -0.15) is 0 Å². The summed E-state index contributed by atoms with van der Waals surface area (Å²) >= 11 is 0.784. The second kappa shape index (κ2) is 9.27. The van der Waals surface area contributed by atoms with Crippen molar-refractivity contribution in [1.29, 1.82) is 0 Å². The molecule has 0 aliphatic heterocycles. The minimum absolute atomic E-state index is 0.101. The molecule has 13 heteroatoms. The minimum Gasteiger partial charge on any atom is -0.478 e. The summed E-state index contributed by atoms with van der Waals surface area (Å²) < 4.78 is 4.95. The van der Waals surface area contributed by atoms with Crippen molar-refractivity contribution in [3.05, 3.63) is 56.5 Å². The molecule has 0 atom stereocenters. The van der Waals surface area contributed by atoms with Gasteiger partial charge >= 0.3 is 23.9 Å². The highest BCUT2D eigenvalue weighted by atomic mass is 32.1. The lowest BCUT2D eigenvalue weighted by Gasteiger charge is -2.06. The lowest BCUT2D eigenvalue weighted by atomic mass is 10.2. The van der Waals surface area contributed by atoms with E-state index in [2.05, 4.69) is 5.32 Å². The van der Waals surface area contributed by atoms with Gasteiger partial charge in [-0.15, -0.1) is 11.3 Å². The molecule has 0 fully saturated rings. The average Bonchev–Trinajstić information content (AvgIpc) is 3.08. The number of carbonyl (C=O) groups excluding carboxylic acids is 2. The molecule has 1 heterocycles. The standard InChI is InChI=1S/C16H13N3O9S/c20-12(15(23)24)18-13-11(14(21)22)5-10(29-13)6-17-16(25)28-7-8-1-3-9(4-2-8)19(26)27/h1-5H,6-7H2,(H,17,25)(H,18,20)(H,21,22)(H,23,24). The Morgan fingerprint density at radius 3 is 2.34 bits per heavy atom. The highest BCUT2D eigenvalue weighted by Crippen LogP contribution is 2.28. The first-order valence-corrected chi connectivity index (χ1v) is 8.53. The first kappa shape index (κ1) is 21.3. The molecular formula is C16H13N3O9S. The number of hydrogen-bond acceptors (Lipinski definition) is 8. The Kier molecular flexibility index (Phi) is 6.81. The normalized spacial score (nSPS) is 10.1. The third kappa shape index (κ3) is 6.00. The SMILES string of the molecule is O=C(NCc1cc(C(=O)O)c(NC(=O)C(=O)O)s1)OCc1ccc([N+](=O)[O-])cc1. The number of nitro groups is 1. The molecule has 1 aromatic heterocycles. The molecule has 0 saturated carbocycles. The van der Waals surface area contributed by atoms with Crippen molar-refractivity contribution in [2.75, 3.05) is 5.32 Å². The van der Waals surface area contributed by atoms with Crippen molar-refractivity contribution in [2.45, 2.75) is 13.2 Å². The number of anilines is 1. The molecule has 4 N–H and O–H groups in total. The van der Waals surface area contributed by atoms with Gasteiger partial charge in [0.25, 0.3) is 5.69 Å². The summed E-state index contributed by atoms with van der Waals surface area (Å²) in [5.74, 6) is -4.55. The van der Waals surface area contributed by atoms with E-state index in [4.69, 9.17) is 14.9 Å². The molecule has 12 nitrogen and oxygen atoms in total. The van der Waals surface area contributed by atoms with Gasteiger partial charge in [0.15, 0.2) is 0 Å². The van der Waals surface area contributed by atoms with E-state index in [1.807, 2.05) is 5.32 Å². The third-order valence-electron chi connectivity index (χ3n) is 3.36. The number of hydrogen-bond donors (Lipinski definition) is 4. The number of non-ortho nitro benzene ring substituents is 1. The maximum atomic E-state index is 11.8. The van der Waals surface area contributed by atoms with E-state index in [0.717, 1.165) is 11.3 Å². The average molecular weight is 423 g/mol. The van der Waals surface area contributed by atoms with Crippen LogP contribution >= 0.6 is 11.3 Å². The molecule has 2 aromatic rings. The van der Waals surface area contributed by atoms with Crippen LogP contribution in [0.4, 0.5) is 15.5 Å². The Morgan fingerprint density at radius 1 is 1.14 bits per heavy atom. The van der Waals surface area contributed by atoms with Gasteiger partial charge in [0.1, 0.15) is 11.6 Å². The number of nitrogens with zero attached hydrogens (tertiary/aromatic N) is 1. The third-order valence-corrected chi connectivity index (χ3v) is 4.41. The Morgan fingerprint density at radius 2 is 1.79 bits per heavy atom. The Hall–Kier alpha value is -4.00. The predicted molar refractivity (Wildman–Crippen MR) is 97.7 cm³/mol. The number of nitro benzene ring substituents is 1. The zero-order valence-corrected chi connectivity index (χ0v) is 15.2. The van der Waals surface area contributed by atoms with Gasteiger partial charge in [-0.25, -0.2) is 14.4 Å². The maximum absolute atomic E-state index is 11.8. The fourth-order valence-electron chi connectivity index (χ4n) is 2.01. The van der Waals surface area contributed by atoms with Crippen molar-refractivity contribution in [3.8, 4) is 0 Å². The smallest absolute Gasteiger partial charge is 0.407 e. The zero-order valence-electron chi connectivity index (χ0n) is 14.4. The van der Waals surface area contributed by atoms with Crippen LogP contribution in [0.5, 0.6) is 0 Å². The summed E-state index contributed by atoms with van der Waals surface area (Å²) in [4.78, 5) is 55.1. The van der Waals surface area contributed by atoms with Crippen LogP contribution in [0.2, 0.25) is 0 Å². The first-order chi connectivity index (χ1) is 13.7. The van der Waals surface area contributed by atoms with Gasteiger partial charge in [0.2, 0.25) is 0 Å². The number of thiophene rings is 1. The summed E-state index contributed by atoms with van der Waals surface area (Å²) in [5, 5.41) is 32.5. The minimum atomic E-state index is -1.77. The fraction of sp³-hybridized carbons (Fsp3) is 0.125. The number of carboxylic acid groups (broad SMARTS) is 2. The predicted octanol–water partition coefficient (Wildman–Crippen LogP) is 1.80. The summed E-state index contributed by atoms with van der Waals surface area (Å²) in [6.07, 6.45) is -0.829. The van der Waals surface area contributed by atoms with E-state index < -0.39 is 28.9 Å². The number of nitrogens with one attached hydrogen (secondary N) is 2. The van der Waals surface area contributed by atoms with E-state index in [-0.39, 0.29) is 29.4 Å². The van der Waals surface area contributed by atoms with Crippen LogP contribution in [0.15, 0.2) is 30.3 Å². The van der Waals surface area contributed by atoms with Crippen LogP contribution in [0.1, 0.15) is 20.8 Å². The van der Waals surface area contributed by atoms with Crippen molar-refractivity contribution >= 4 is 46.0 Å². The largest absolute Gasteiger partial charge is 0.478 e. The molecule has 0 bridgehead atoms. The second-order valence-electron chi connectivity index (χ2n) is 5.37. The molecular weight excluding hydrogens is 410 g/mol. The number of alkyl carbamates (subject to hydrolysis) is 1. The number of carboxylic acids is 2. The van der Waals surface area contributed by atoms with Gasteiger partial charge in [-0.05, 0) is 23.8 Å². The molecule has 29 heavy (non-hydrogen) atoms. The van der Waals surface area contributed by atoms with Gasteiger partial charge in [-0.1, -0.05) is 0 Å². The summed E-state index contributed by atoms with van der Waals surface area (Å²) in [5.41, 5.74) is 0.102. The monoisotopic (exact) mass is 423 g/mol. The summed E-state index contributed by atoms with van der Waals surface area (Å²) in [6.45, 7) is -0.276. The molecule has 152 valence electrons. The molecule has 1 aromatic carbocycles. The van der Waals surface area contributed by atoms with Gasteiger partial charge in [0.05, 0.1) is 17.0 Å². The number of carbonyl (C=O) groups is 4. The van der Waals surface area contributed by atoms with Gasteiger partial charge in [-0.3, -0.25) is 14.9 Å². The quantitative estimate of drug-likeness (QED) is 0.293. The van der Waals surface area contributed by atoms with E-state index in [1.54, 1.807) is 0 Å². The van der Waals surface area contributed by atoms with Crippen molar-refractivity contribution in [1.82, 2.24) is 5.32 Å². The number of benzene rings is 1. The molecule has 0 saturated heterocycles. The molecule has 2 rings (SSSR count). The molecule has 0 spiro atoms. The van der Waals surface area contributed by atoms with E-state index in [0.29, 0.717) is 10.4 Å². The van der Waals surface area contributed by atoms with Crippen molar-refractivity contribution < 1.29 is 39.1 Å². The van der Waals surface area contributed by atoms with Gasteiger partial charge < -0.3 is 25.6 Å². The Bertz CT molecular complexity index is 969. The highest BCUT2D eigenvalue weighted by Gasteiger charge is 2.20. The van der Waals surface area contributed by atoms with Crippen molar-refractivity contribution in [2.24, 2.45) is 0 Å². The molecule has 0 aliphatic rings. The fourth-order valence-corrected chi connectivity index (χ4v) is 2.99. The van der Waals surface area contributed by atoms with E-state index in [1.165, 1.54) is 30.3 Å². The molecule has 0 radical (unpaired) electrons. The van der Waals surface area contributed by atoms with Crippen molar-refractivity contribution in [3.63, 3.8) is 0 Å². The number of amides is 2. The number of rotatable bonds is 7. The Balaban J connectivity index is 1.92. The second-order valence-corrected chi connectivity index (χ2v) is 6.51. The summed E-state index contributed by atoms with van der Waals surface area (Å²) in [7, 11) is 0. The lowest BCUT2D eigenvalue weighted by Crippen LogP contribution is -2.23. The molecule has 2 amide bonds. The Labute approximate surface area is 165 Å². The molecule has 0 unspecified atom stereocenters.